The second-order valence-electron chi connectivity index (χ2n) is 4.44. The minimum Gasteiger partial charge on any atom is -0.379 e. The molecule has 18 heavy (non-hydrogen) atoms. The fourth-order valence-corrected chi connectivity index (χ4v) is 3.18. The maximum Gasteiger partial charge on any atom is 0.281 e. The third-order valence-corrected chi connectivity index (χ3v) is 4.93. The summed E-state index contributed by atoms with van der Waals surface area (Å²) in [5.41, 5.74) is 0. The van der Waals surface area contributed by atoms with Gasteiger partial charge in [0.15, 0.2) is 0 Å². The van der Waals surface area contributed by atoms with Gasteiger partial charge in [-0.2, -0.15) is 17.0 Å². The first kappa shape index (κ1) is 15.8. The van der Waals surface area contributed by atoms with Crippen molar-refractivity contribution in [2.75, 3.05) is 53.0 Å². The summed E-state index contributed by atoms with van der Waals surface area (Å²) in [5, 5.41) is 3.27. The maximum absolute atomic E-state index is 12.2. The zero-order valence-electron chi connectivity index (χ0n) is 11.4. The SMILES string of the molecule is CCCNCCCN(C)S(=O)(=O)N1CCOCC1. The lowest BCUT2D eigenvalue weighted by Gasteiger charge is -2.30. The van der Waals surface area contributed by atoms with Gasteiger partial charge in [0.25, 0.3) is 10.2 Å². The lowest BCUT2D eigenvalue weighted by molar-refractivity contribution is 0.0706. The molecule has 1 fully saturated rings. The van der Waals surface area contributed by atoms with Crippen molar-refractivity contribution in [2.24, 2.45) is 0 Å². The molecule has 0 aliphatic carbocycles. The van der Waals surface area contributed by atoms with Crippen LogP contribution < -0.4 is 5.32 Å². The van der Waals surface area contributed by atoms with Gasteiger partial charge in [0.1, 0.15) is 0 Å². The Hall–Kier alpha value is -0.210. The second-order valence-corrected chi connectivity index (χ2v) is 6.48. The fraction of sp³-hybridized carbons (Fsp3) is 1.00. The summed E-state index contributed by atoms with van der Waals surface area (Å²) in [5.74, 6) is 0. The molecule has 6 nitrogen and oxygen atoms in total. The van der Waals surface area contributed by atoms with Gasteiger partial charge in [-0.1, -0.05) is 6.92 Å². The Morgan fingerprint density at radius 2 is 1.94 bits per heavy atom. The number of nitrogens with zero attached hydrogens (tertiary/aromatic N) is 2. The molecule has 0 unspecified atom stereocenters. The Morgan fingerprint density at radius 1 is 1.28 bits per heavy atom. The Kier molecular flexibility index (Phi) is 7.10. The highest BCUT2D eigenvalue weighted by molar-refractivity contribution is 7.86. The van der Waals surface area contributed by atoms with Crippen LogP contribution in [0.5, 0.6) is 0 Å². The minimum atomic E-state index is -3.30. The van der Waals surface area contributed by atoms with Crippen LogP contribution in [0.2, 0.25) is 0 Å². The van der Waals surface area contributed by atoms with Crippen molar-refractivity contribution in [1.29, 1.82) is 0 Å². The Balaban J connectivity index is 2.32. The molecule has 1 saturated heterocycles. The summed E-state index contributed by atoms with van der Waals surface area (Å²) >= 11 is 0. The van der Waals surface area contributed by atoms with Crippen LogP contribution in [0.15, 0.2) is 0 Å². The van der Waals surface area contributed by atoms with Crippen LogP contribution in [0.3, 0.4) is 0 Å². The molecule has 108 valence electrons. The maximum atomic E-state index is 12.2. The highest BCUT2D eigenvalue weighted by atomic mass is 32.2. The Bertz CT molecular complexity index is 315. The molecule has 0 aromatic carbocycles. The number of rotatable bonds is 8. The quantitative estimate of drug-likeness (QED) is 0.630. The van der Waals surface area contributed by atoms with Gasteiger partial charge >= 0.3 is 0 Å². The van der Waals surface area contributed by atoms with Crippen LogP contribution in [0.25, 0.3) is 0 Å². The smallest absolute Gasteiger partial charge is 0.281 e. The molecule has 0 atom stereocenters. The summed E-state index contributed by atoms with van der Waals surface area (Å²) < 4.78 is 32.5. The Morgan fingerprint density at radius 3 is 2.56 bits per heavy atom. The lowest BCUT2D eigenvalue weighted by Crippen LogP contribution is -2.47. The van der Waals surface area contributed by atoms with E-state index in [1.165, 1.54) is 8.61 Å². The number of ether oxygens (including phenoxy) is 1. The van der Waals surface area contributed by atoms with Crippen molar-refractivity contribution in [2.45, 2.75) is 19.8 Å². The average Bonchev–Trinajstić information content (AvgIpc) is 2.39. The molecular formula is C11H25N3O3S. The third kappa shape index (κ3) is 4.81. The zero-order valence-corrected chi connectivity index (χ0v) is 12.2. The van der Waals surface area contributed by atoms with Gasteiger partial charge in [-0.05, 0) is 25.9 Å². The van der Waals surface area contributed by atoms with Crippen molar-refractivity contribution in [3.05, 3.63) is 0 Å². The predicted molar refractivity (Wildman–Crippen MR) is 71.7 cm³/mol. The van der Waals surface area contributed by atoms with Crippen molar-refractivity contribution in [3.8, 4) is 0 Å². The summed E-state index contributed by atoms with van der Waals surface area (Å²) in [6, 6.07) is 0. The molecule has 1 heterocycles. The third-order valence-electron chi connectivity index (χ3n) is 2.94. The standard InChI is InChI=1S/C11H25N3O3S/c1-3-5-12-6-4-7-13(2)18(15,16)14-8-10-17-11-9-14/h12H,3-11H2,1-2H3. The van der Waals surface area contributed by atoms with Gasteiger partial charge in [0.2, 0.25) is 0 Å². The van der Waals surface area contributed by atoms with E-state index >= 15 is 0 Å². The summed E-state index contributed by atoms with van der Waals surface area (Å²) in [6.07, 6.45) is 1.93. The van der Waals surface area contributed by atoms with Gasteiger partial charge in [-0.15, -0.1) is 0 Å². The molecule has 0 bridgehead atoms. The van der Waals surface area contributed by atoms with Gasteiger partial charge in [0, 0.05) is 26.7 Å². The van der Waals surface area contributed by atoms with Gasteiger partial charge < -0.3 is 10.1 Å². The van der Waals surface area contributed by atoms with Crippen molar-refractivity contribution in [1.82, 2.24) is 13.9 Å². The van der Waals surface area contributed by atoms with Crippen molar-refractivity contribution >= 4 is 10.2 Å². The zero-order chi connectivity index (χ0) is 13.4. The topological polar surface area (TPSA) is 61.9 Å². The number of hydrogen-bond acceptors (Lipinski definition) is 4. The molecule has 0 radical (unpaired) electrons. The second kappa shape index (κ2) is 8.06. The molecule has 1 rings (SSSR count). The van der Waals surface area contributed by atoms with Crippen LogP contribution in [0, 0.1) is 0 Å². The van der Waals surface area contributed by atoms with E-state index in [1.807, 2.05) is 0 Å². The van der Waals surface area contributed by atoms with Crippen LogP contribution in [0.1, 0.15) is 19.8 Å². The molecule has 0 aromatic heterocycles. The molecule has 0 amide bonds. The molecule has 7 heteroatoms. The molecule has 0 spiro atoms. The fourth-order valence-electron chi connectivity index (χ4n) is 1.82. The van der Waals surface area contributed by atoms with E-state index in [2.05, 4.69) is 12.2 Å². The molecule has 0 saturated carbocycles. The van der Waals surface area contributed by atoms with E-state index in [9.17, 15) is 8.42 Å². The lowest BCUT2D eigenvalue weighted by atomic mass is 10.4. The van der Waals surface area contributed by atoms with Gasteiger partial charge in [0.05, 0.1) is 13.2 Å². The normalized spacial score (nSPS) is 18.4. The monoisotopic (exact) mass is 279 g/mol. The van der Waals surface area contributed by atoms with E-state index in [4.69, 9.17) is 4.74 Å². The molecule has 1 aliphatic heterocycles. The van der Waals surface area contributed by atoms with E-state index in [1.54, 1.807) is 7.05 Å². The summed E-state index contributed by atoms with van der Waals surface area (Å²) in [4.78, 5) is 0. The summed E-state index contributed by atoms with van der Waals surface area (Å²) in [7, 11) is -1.65. The van der Waals surface area contributed by atoms with Gasteiger partial charge in [-0.25, -0.2) is 0 Å². The Labute approximate surface area is 110 Å². The number of nitrogens with one attached hydrogen (secondary N) is 1. The van der Waals surface area contributed by atoms with Crippen LogP contribution in [0.4, 0.5) is 0 Å². The number of hydrogen-bond donors (Lipinski definition) is 1. The van der Waals surface area contributed by atoms with Crippen LogP contribution in [-0.4, -0.2) is 70.0 Å². The van der Waals surface area contributed by atoms with Crippen LogP contribution in [-0.2, 0) is 14.9 Å². The molecule has 1 N–H and O–H groups in total. The predicted octanol–water partition coefficient (Wildman–Crippen LogP) is -0.115. The first-order valence-corrected chi connectivity index (χ1v) is 7.98. The molecule has 0 aromatic rings. The van der Waals surface area contributed by atoms with E-state index in [0.717, 1.165) is 25.9 Å². The van der Waals surface area contributed by atoms with E-state index in [-0.39, 0.29) is 0 Å². The highest BCUT2D eigenvalue weighted by Crippen LogP contribution is 2.09. The van der Waals surface area contributed by atoms with E-state index < -0.39 is 10.2 Å². The average molecular weight is 279 g/mol. The van der Waals surface area contributed by atoms with E-state index in [0.29, 0.717) is 32.8 Å². The minimum absolute atomic E-state index is 0.459. The first-order chi connectivity index (χ1) is 8.59. The summed E-state index contributed by atoms with van der Waals surface area (Å²) in [6.45, 7) is 6.41. The highest BCUT2D eigenvalue weighted by Gasteiger charge is 2.27. The number of morpholine rings is 1. The van der Waals surface area contributed by atoms with Crippen LogP contribution >= 0.6 is 0 Å². The molecular weight excluding hydrogens is 254 g/mol. The first-order valence-electron chi connectivity index (χ1n) is 6.59. The van der Waals surface area contributed by atoms with Crippen molar-refractivity contribution in [3.63, 3.8) is 0 Å². The molecule has 1 aliphatic rings. The largest absolute Gasteiger partial charge is 0.379 e. The van der Waals surface area contributed by atoms with Crippen molar-refractivity contribution < 1.29 is 13.2 Å². The van der Waals surface area contributed by atoms with Gasteiger partial charge in [-0.3, -0.25) is 0 Å².